The molecule has 0 aromatic carbocycles. The fourth-order valence-electron chi connectivity index (χ4n) is 4.67. The lowest BCUT2D eigenvalue weighted by atomic mass is 9.87. The Bertz CT molecular complexity index is 995. The first kappa shape index (κ1) is 22.5. The number of H-pyrrole nitrogens is 1. The molecule has 32 heavy (non-hydrogen) atoms. The molecule has 2 aromatic heterocycles. The zero-order valence-electron chi connectivity index (χ0n) is 19.4. The Kier molecular flexibility index (Phi) is 6.89. The lowest BCUT2D eigenvalue weighted by molar-refractivity contribution is -0.123. The number of carbonyl (C=O) groups excluding carboxylic acids is 1. The third-order valence-corrected chi connectivity index (χ3v) is 6.78. The highest BCUT2D eigenvalue weighted by atomic mass is 16.2. The van der Waals surface area contributed by atoms with Gasteiger partial charge in [0.1, 0.15) is 11.6 Å². The highest BCUT2D eigenvalue weighted by Gasteiger charge is 2.23. The van der Waals surface area contributed by atoms with Crippen LogP contribution >= 0.6 is 0 Å². The van der Waals surface area contributed by atoms with E-state index in [-0.39, 0.29) is 11.5 Å². The number of amides is 1. The lowest BCUT2D eigenvalue weighted by Crippen LogP contribution is -2.51. The molecule has 8 nitrogen and oxygen atoms in total. The standard InChI is InChI=1S/C24H34N6O2/c1-16-5-4-6-20(13-16)27-22(31)15-29-9-11-30(12-10-29)21-8-7-19(14-25-21)23-26-18(3)17(2)24(32)28-23/h7-8,14,16,20H,4-6,9-13,15H2,1-3H3,(H,27,31)(H,26,28,32). The van der Waals surface area contributed by atoms with Gasteiger partial charge in [-0.3, -0.25) is 14.5 Å². The van der Waals surface area contributed by atoms with E-state index in [2.05, 4.69) is 37.0 Å². The number of nitrogens with one attached hydrogen (secondary N) is 2. The van der Waals surface area contributed by atoms with Gasteiger partial charge in [0.15, 0.2) is 0 Å². The second kappa shape index (κ2) is 9.81. The van der Waals surface area contributed by atoms with Gasteiger partial charge in [-0.15, -0.1) is 0 Å². The van der Waals surface area contributed by atoms with Gasteiger partial charge in [-0.1, -0.05) is 19.8 Å². The van der Waals surface area contributed by atoms with Crippen LogP contribution in [0.3, 0.4) is 0 Å². The Morgan fingerprint density at radius 3 is 2.62 bits per heavy atom. The number of carbonyl (C=O) groups is 1. The van der Waals surface area contributed by atoms with Gasteiger partial charge in [0.05, 0.1) is 6.54 Å². The molecular formula is C24H34N6O2. The van der Waals surface area contributed by atoms with Crippen LogP contribution in [-0.2, 0) is 4.79 Å². The Balaban J connectivity index is 1.29. The van der Waals surface area contributed by atoms with Crippen molar-refractivity contribution in [2.24, 2.45) is 5.92 Å². The second-order valence-electron chi connectivity index (χ2n) is 9.33. The molecule has 1 aliphatic carbocycles. The Morgan fingerprint density at radius 2 is 1.97 bits per heavy atom. The summed E-state index contributed by atoms with van der Waals surface area (Å²) in [7, 11) is 0. The third kappa shape index (κ3) is 5.35. The number of nitrogens with zero attached hydrogens (tertiary/aromatic N) is 4. The summed E-state index contributed by atoms with van der Waals surface area (Å²) in [5.74, 6) is 2.30. The van der Waals surface area contributed by atoms with Crippen molar-refractivity contribution in [3.63, 3.8) is 0 Å². The number of aryl methyl sites for hydroxylation is 1. The van der Waals surface area contributed by atoms with Gasteiger partial charge in [0.2, 0.25) is 5.91 Å². The first-order valence-electron chi connectivity index (χ1n) is 11.7. The van der Waals surface area contributed by atoms with Crippen molar-refractivity contribution in [1.29, 1.82) is 0 Å². The molecule has 3 heterocycles. The van der Waals surface area contributed by atoms with Crippen LogP contribution in [-0.4, -0.2) is 64.5 Å². The van der Waals surface area contributed by atoms with Gasteiger partial charge < -0.3 is 15.2 Å². The van der Waals surface area contributed by atoms with Crippen LogP contribution in [0.5, 0.6) is 0 Å². The van der Waals surface area contributed by atoms with Crippen LogP contribution in [0.1, 0.15) is 43.9 Å². The number of aromatic nitrogens is 3. The Hall–Kier alpha value is -2.74. The van der Waals surface area contributed by atoms with Crippen LogP contribution in [0, 0.1) is 19.8 Å². The molecule has 2 fully saturated rings. The topological polar surface area (TPSA) is 94.2 Å². The van der Waals surface area contributed by atoms with E-state index in [1.165, 1.54) is 12.8 Å². The van der Waals surface area contributed by atoms with Crippen molar-refractivity contribution in [2.45, 2.75) is 52.5 Å². The summed E-state index contributed by atoms with van der Waals surface area (Å²) in [6, 6.07) is 4.26. The van der Waals surface area contributed by atoms with Gasteiger partial charge in [-0.05, 0) is 44.7 Å². The normalized spacial score (nSPS) is 22.0. The number of anilines is 1. The number of hydrogen-bond donors (Lipinski definition) is 2. The molecule has 1 saturated carbocycles. The summed E-state index contributed by atoms with van der Waals surface area (Å²) in [6.45, 7) is 9.69. The van der Waals surface area contributed by atoms with Crippen LogP contribution in [0.25, 0.3) is 11.4 Å². The van der Waals surface area contributed by atoms with Crippen molar-refractivity contribution in [3.8, 4) is 11.4 Å². The maximum Gasteiger partial charge on any atom is 0.254 e. The molecule has 1 amide bonds. The number of rotatable bonds is 5. The molecule has 0 radical (unpaired) electrons. The van der Waals surface area contributed by atoms with E-state index in [1.54, 1.807) is 13.1 Å². The summed E-state index contributed by atoms with van der Waals surface area (Å²) in [6.07, 6.45) is 6.46. The van der Waals surface area contributed by atoms with Crippen LogP contribution < -0.4 is 15.8 Å². The average Bonchev–Trinajstić information content (AvgIpc) is 2.78. The minimum absolute atomic E-state index is 0.116. The molecule has 4 rings (SSSR count). The molecule has 2 N–H and O–H groups in total. The fraction of sp³-hybridized carbons (Fsp3) is 0.583. The minimum Gasteiger partial charge on any atom is -0.354 e. The molecule has 0 bridgehead atoms. The van der Waals surface area contributed by atoms with E-state index in [0.29, 0.717) is 29.9 Å². The predicted octanol–water partition coefficient (Wildman–Crippen LogP) is 2.27. The van der Waals surface area contributed by atoms with Crippen LogP contribution in [0.15, 0.2) is 23.1 Å². The molecule has 2 aliphatic rings. The van der Waals surface area contributed by atoms with Gasteiger partial charge in [0.25, 0.3) is 5.56 Å². The largest absolute Gasteiger partial charge is 0.354 e. The summed E-state index contributed by atoms with van der Waals surface area (Å²) in [5, 5.41) is 3.23. The zero-order chi connectivity index (χ0) is 22.7. The molecule has 2 atom stereocenters. The summed E-state index contributed by atoms with van der Waals surface area (Å²) < 4.78 is 0. The molecule has 8 heteroatoms. The fourth-order valence-corrected chi connectivity index (χ4v) is 4.67. The number of aromatic amines is 1. The Morgan fingerprint density at radius 1 is 1.19 bits per heavy atom. The van der Waals surface area contributed by atoms with E-state index >= 15 is 0 Å². The first-order valence-corrected chi connectivity index (χ1v) is 11.7. The number of hydrogen-bond acceptors (Lipinski definition) is 6. The third-order valence-electron chi connectivity index (χ3n) is 6.78. The van der Waals surface area contributed by atoms with E-state index in [1.807, 2.05) is 19.1 Å². The Labute approximate surface area is 189 Å². The first-order chi connectivity index (χ1) is 15.4. The SMILES string of the molecule is Cc1nc(-c2ccc(N3CCN(CC(=O)NC4CCCC(C)C4)CC3)nc2)[nH]c(=O)c1C. The quantitative estimate of drug-likeness (QED) is 0.744. The predicted molar refractivity (Wildman–Crippen MR) is 126 cm³/mol. The van der Waals surface area contributed by atoms with Gasteiger partial charge >= 0.3 is 0 Å². The van der Waals surface area contributed by atoms with Gasteiger partial charge in [0, 0.05) is 55.2 Å². The van der Waals surface area contributed by atoms with Gasteiger partial charge in [-0.25, -0.2) is 9.97 Å². The second-order valence-corrected chi connectivity index (χ2v) is 9.33. The highest BCUT2D eigenvalue weighted by molar-refractivity contribution is 5.78. The molecule has 2 unspecified atom stereocenters. The van der Waals surface area contributed by atoms with Crippen LogP contribution in [0.4, 0.5) is 5.82 Å². The maximum atomic E-state index is 12.5. The van der Waals surface area contributed by atoms with Gasteiger partial charge in [-0.2, -0.15) is 0 Å². The summed E-state index contributed by atoms with van der Waals surface area (Å²) in [4.78, 5) is 40.8. The zero-order valence-corrected chi connectivity index (χ0v) is 19.4. The summed E-state index contributed by atoms with van der Waals surface area (Å²) in [5.41, 5.74) is 2.04. The number of piperazine rings is 1. The van der Waals surface area contributed by atoms with E-state index < -0.39 is 0 Å². The van der Waals surface area contributed by atoms with Crippen molar-refractivity contribution < 1.29 is 4.79 Å². The van der Waals surface area contributed by atoms with E-state index in [0.717, 1.165) is 56.1 Å². The monoisotopic (exact) mass is 438 g/mol. The van der Waals surface area contributed by atoms with Crippen molar-refractivity contribution in [2.75, 3.05) is 37.6 Å². The molecular weight excluding hydrogens is 404 g/mol. The molecule has 1 aliphatic heterocycles. The van der Waals surface area contributed by atoms with Crippen molar-refractivity contribution in [3.05, 3.63) is 39.9 Å². The molecule has 172 valence electrons. The molecule has 0 spiro atoms. The lowest BCUT2D eigenvalue weighted by Gasteiger charge is -2.35. The average molecular weight is 439 g/mol. The van der Waals surface area contributed by atoms with Crippen LogP contribution in [0.2, 0.25) is 0 Å². The molecule has 2 aromatic rings. The maximum absolute atomic E-state index is 12.5. The van der Waals surface area contributed by atoms with Crippen molar-refractivity contribution in [1.82, 2.24) is 25.2 Å². The molecule has 1 saturated heterocycles. The summed E-state index contributed by atoms with van der Waals surface area (Å²) >= 11 is 0. The van der Waals surface area contributed by atoms with E-state index in [4.69, 9.17) is 0 Å². The minimum atomic E-state index is -0.116. The smallest absolute Gasteiger partial charge is 0.254 e. The van der Waals surface area contributed by atoms with Crippen molar-refractivity contribution >= 4 is 11.7 Å². The van der Waals surface area contributed by atoms with E-state index in [9.17, 15) is 9.59 Å². The highest BCUT2D eigenvalue weighted by Crippen LogP contribution is 2.23. The number of pyridine rings is 1.